The molecule has 0 spiro atoms. The summed E-state index contributed by atoms with van der Waals surface area (Å²) in [5.41, 5.74) is 0. The first-order valence-corrected chi connectivity index (χ1v) is 4.12. The number of rotatable bonds is 6. The molecule has 10 heteroatoms. The van der Waals surface area contributed by atoms with E-state index in [1.54, 1.807) is 0 Å². The largest absolute Gasteiger partial charge is 0.640 e. The Morgan fingerprint density at radius 2 is 1.19 bits per heavy atom. The SMILES string of the molecule is CCOB(OCC(F)(F)F)OCC(F)(F)F. The zero-order valence-electron chi connectivity index (χ0n) is 8.19. The van der Waals surface area contributed by atoms with Crippen LogP contribution >= 0.6 is 0 Å². The van der Waals surface area contributed by atoms with Gasteiger partial charge in [0.1, 0.15) is 13.2 Å². The Bertz CT molecular complexity index is 176. The molecule has 0 fully saturated rings. The van der Waals surface area contributed by atoms with Crippen LogP contribution in [0.1, 0.15) is 6.92 Å². The van der Waals surface area contributed by atoms with Crippen LogP contribution in [0.25, 0.3) is 0 Å². The molecule has 0 aromatic rings. The lowest BCUT2D eigenvalue weighted by molar-refractivity contribution is -0.175. The van der Waals surface area contributed by atoms with Crippen LogP contribution in [0.2, 0.25) is 0 Å². The summed E-state index contributed by atoms with van der Waals surface area (Å²) in [6.45, 7) is -2.24. The van der Waals surface area contributed by atoms with E-state index in [4.69, 9.17) is 0 Å². The lowest BCUT2D eigenvalue weighted by atomic mass is 10.2. The van der Waals surface area contributed by atoms with Crippen molar-refractivity contribution >= 4 is 7.32 Å². The van der Waals surface area contributed by atoms with Crippen LogP contribution in [-0.2, 0) is 14.0 Å². The Balaban J connectivity index is 3.98. The van der Waals surface area contributed by atoms with Crippen molar-refractivity contribution in [3.63, 3.8) is 0 Å². The topological polar surface area (TPSA) is 27.7 Å². The first-order chi connectivity index (χ1) is 7.14. The molecule has 0 aromatic heterocycles. The average Bonchev–Trinajstić information content (AvgIpc) is 2.07. The third-order valence-electron chi connectivity index (χ3n) is 1.07. The monoisotopic (exact) mass is 254 g/mol. The summed E-state index contributed by atoms with van der Waals surface area (Å²) >= 11 is 0. The summed E-state index contributed by atoms with van der Waals surface area (Å²) in [6.07, 6.45) is -9.31. The molecule has 0 heterocycles. The minimum absolute atomic E-state index is 0.139. The van der Waals surface area contributed by atoms with Gasteiger partial charge in [-0.15, -0.1) is 0 Å². The molecule has 0 rings (SSSR count). The minimum Gasteiger partial charge on any atom is -0.386 e. The molecule has 0 amide bonds. The summed E-state index contributed by atoms with van der Waals surface area (Å²) in [7, 11) is -1.98. The fraction of sp³-hybridized carbons (Fsp3) is 1.00. The van der Waals surface area contributed by atoms with Crippen LogP contribution in [0.3, 0.4) is 0 Å². The molecule has 0 saturated carbocycles. The average molecular weight is 254 g/mol. The second kappa shape index (κ2) is 6.31. The highest BCUT2D eigenvalue weighted by molar-refractivity contribution is 6.36. The van der Waals surface area contributed by atoms with Crippen molar-refractivity contribution < 1.29 is 40.3 Å². The van der Waals surface area contributed by atoms with Gasteiger partial charge >= 0.3 is 19.7 Å². The second-order valence-corrected chi connectivity index (χ2v) is 2.60. The summed E-state index contributed by atoms with van der Waals surface area (Å²) in [6, 6.07) is 0. The van der Waals surface area contributed by atoms with E-state index in [2.05, 4.69) is 14.0 Å². The van der Waals surface area contributed by atoms with Crippen molar-refractivity contribution in [2.45, 2.75) is 19.3 Å². The van der Waals surface area contributed by atoms with Gasteiger partial charge in [0.15, 0.2) is 0 Å². The molecule has 16 heavy (non-hydrogen) atoms. The van der Waals surface area contributed by atoms with Crippen LogP contribution in [0, 0.1) is 0 Å². The van der Waals surface area contributed by atoms with E-state index in [9.17, 15) is 26.3 Å². The van der Waals surface area contributed by atoms with Gasteiger partial charge in [0.2, 0.25) is 0 Å². The summed E-state index contributed by atoms with van der Waals surface area (Å²) < 4.78 is 82.4. The Hall–Kier alpha value is -0.475. The molecule has 0 atom stereocenters. The standard InChI is InChI=1S/C6H9BF6O3/c1-2-14-7(15-3-5(8,9)10)16-4-6(11,12)13/h2-4H2,1H3. The zero-order valence-corrected chi connectivity index (χ0v) is 8.19. The molecular formula is C6H9BF6O3. The highest BCUT2D eigenvalue weighted by Crippen LogP contribution is 2.17. The van der Waals surface area contributed by atoms with E-state index in [0.717, 1.165) is 0 Å². The maximum absolute atomic E-state index is 11.7. The van der Waals surface area contributed by atoms with Crippen molar-refractivity contribution in [2.24, 2.45) is 0 Å². The number of alkyl halides is 6. The summed E-state index contributed by atoms with van der Waals surface area (Å²) in [5, 5.41) is 0. The second-order valence-electron chi connectivity index (χ2n) is 2.60. The molecule has 0 radical (unpaired) electrons. The minimum atomic E-state index is -4.66. The fourth-order valence-electron chi connectivity index (χ4n) is 0.605. The molecule has 0 aliphatic carbocycles. The molecule has 0 bridgehead atoms. The maximum atomic E-state index is 11.7. The van der Waals surface area contributed by atoms with E-state index in [1.807, 2.05) is 0 Å². The van der Waals surface area contributed by atoms with Gasteiger partial charge in [-0.2, -0.15) is 26.3 Å². The van der Waals surface area contributed by atoms with Crippen LogP contribution in [0.5, 0.6) is 0 Å². The normalized spacial score (nSPS) is 12.9. The third-order valence-corrected chi connectivity index (χ3v) is 1.07. The zero-order chi connectivity index (χ0) is 12.8. The highest BCUT2D eigenvalue weighted by atomic mass is 19.4. The van der Waals surface area contributed by atoms with Gasteiger partial charge in [-0.1, -0.05) is 0 Å². The lowest BCUT2D eigenvalue weighted by Gasteiger charge is -2.15. The highest BCUT2D eigenvalue weighted by Gasteiger charge is 2.36. The van der Waals surface area contributed by atoms with Crippen LogP contribution in [0.15, 0.2) is 0 Å². The van der Waals surface area contributed by atoms with Crippen molar-refractivity contribution in [2.75, 3.05) is 19.8 Å². The molecule has 0 N–H and O–H groups in total. The molecule has 96 valence electrons. The van der Waals surface area contributed by atoms with E-state index in [0.29, 0.717) is 0 Å². The van der Waals surface area contributed by atoms with Gasteiger partial charge in [0.05, 0.1) is 0 Å². The first-order valence-electron chi connectivity index (χ1n) is 4.12. The van der Waals surface area contributed by atoms with Crippen molar-refractivity contribution in [3.05, 3.63) is 0 Å². The van der Waals surface area contributed by atoms with E-state index in [-0.39, 0.29) is 6.61 Å². The molecule has 0 aliphatic rings. The molecule has 3 nitrogen and oxygen atoms in total. The Labute approximate surface area is 87.8 Å². The van der Waals surface area contributed by atoms with Crippen molar-refractivity contribution in [1.29, 1.82) is 0 Å². The van der Waals surface area contributed by atoms with Crippen LogP contribution in [0.4, 0.5) is 26.3 Å². The molecule has 0 aromatic carbocycles. The third kappa shape index (κ3) is 10.1. The Kier molecular flexibility index (Phi) is 6.12. The fourth-order valence-corrected chi connectivity index (χ4v) is 0.605. The van der Waals surface area contributed by atoms with Crippen LogP contribution < -0.4 is 0 Å². The predicted molar refractivity (Wildman–Crippen MR) is 41.4 cm³/mol. The summed E-state index contributed by atoms with van der Waals surface area (Å²) in [4.78, 5) is 0. The molecule has 0 unspecified atom stereocenters. The van der Waals surface area contributed by atoms with E-state index < -0.39 is 32.9 Å². The lowest BCUT2D eigenvalue weighted by Crippen LogP contribution is -2.35. The van der Waals surface area contributed by atoms with Gasteiger partial charge in [-0.05, 0) is 6.92 Å². The van der Waals surface area contributed by atoms with Gasteiger partial charge in [-0.25, -0.2) is 0 Å². The Morgan fingerprint density at radius 1 is 0.812 bits per heavy atom. The van der Waals surface area contributed by atoms with E-state index >= 15 is 0 Å². The van der Waals surface area contributed by atoms with Gasteiger partial charge < -0.3 is 14.0 Å². The first kappa shape index (κ1) is 15.5. The van der Waals surface area contributed by atoms with E-state index in [1.165, 1.54) is 6.92 Å². The number of hydrogen-bond donors (Lipinski definition) is 0. The molecule has 0 aliphatic heterocycles. The smallest absolute Gasteiger partial charge is 0.386 e. The van der Waals surface area contributed by atoms with Crippen LogP contribution in [-0.4, -0.2) is 39.5 Å². The quantitative estimate of drug-likeness (QED) is 0.537. The van der Waals surface area contributed by atoms with Gasteiger partial charge in [-0.3, -0.25) is 0 Å². The van der Waals surface area contributed by atoms with Gasteiger partial charge in [0, 0.05) is 6.61 Å². The number of hydrogen-bond acceptors (Lipinski definition) is 3. The summed E-state index contributed by atoms with van der Waals surface area (Å²) in [5.74, 6) is 0. The Morgan fingerprint density at radius 3 is 1.44 bits per heavy atom. The van der Waals surface area contributed by atoms with Crippen molar-refractivity contribution in [1.82, 2.24) is 0 Å². The maximum Gasteiger partial charge on any atom is 0.640 e. The predicted octanol–water partition coefficient (Wildman–Crippen LogP) is 2.17. The number of halogens is 6. The molecular weight excluding hydrogens is 245 g/mol. The molecule has 0 saturated heterocycles. The van der Waals surface area contributed by atoms with Crippen molar-refractivity contribution in [3.8, 4) is 0 Å². The van der Waals surface area contributed by atoms with Gasteiger partial charge in [0.25, 0.3) is 0 Å².